The lowest BCUT2D eigenvalue weighted by Crippen LogP contribution is -2.24. The van der Waals surface area contributed by atoms with Gasteiger partial charge in [-0.3, -0.25) is 9.52 Å². The number of carbonyl (C=O) groups is 1. The summed E-state index contributed by atoms with van der Waals surface area (Å²) in [5, 5.41) is 2.55. The number of fused-ring (bicyclic) bond motifs is 1. The van der Waals surface area contributed by atoms with Gasteiger partial charge < -0.3 is 14.6 Å². The lowest BCUT2D eigenvalue weighted by atomic mass is 9.89. The second-order valence-electron chi connectivity index (χ2n) is 7.51. The molecule has 9 nitrogen and oxygen atoms in total. The van der Waals surface area contributed by atoms with Gasteiger partial charge in [0.15, 0.2) is 4.90 Å². The first kappa shape index (κ1) is 22.6. The summed E-state index contributed by atoms with van der Waals surface area (Å²) < 4.78 is 63.0. The number of carbonyl (C=O) groups excluding carboxylic acids is 1. The summed E-state index contributed by atoms with van der Waals surface area (Å²) in [6.45, 7) is 0.383. The van der Waals surface area contributed by atoms with Gasteiger partial charge >= 0.3 is 0 Å². The van der Waals surface area contributed by atoms with E-state index in [1.165, 1.54) is 32.4 Å². The third-order valence-electron chi connectivity index (χ3n) is 5.49. The van der Waals surface area contributed by atoms with E-state index >= 15 is 0 Å². The summed E-state index contributed by atoms with van der Waals surface area (Å²) in [6, 6.07) is 4.67. The van der Waals surface area contributed by atoms with Crippen LogP contribution in [-0.4, -0.2) is 43.0 Å². The number of anilines is 1. The third kappa shape index (κ3) is 4.38. The Labute approximate surface area is 188 Å². The Hall–Kier alpha value is -3.54. The molecule has 2 aromatic heterocycles. The van der Waals surface area contributed by atoms with Crippen LogP contribution in [0.5, 0.6) is 5.88 Å². The molecule has 12 heteroatoms. The predicted octanol–water partition coefficient (Wildman–Crippen LogP) is 2.46. The minimum Gasteiger partial charge on any atom is -0.480 e. The maximum absolute atomic E-state index is 14.7. The molecule has 33 heavy (non-hydrogen) atoms. The number of methoxy groups -OCH3 is 1. The standard InChI is InChI=1S/C21H21F2N5O4S/c1-24-20(29)19-17-6-3-12(10-28(17)11-26-19)15-8-14(4-5-16(15)23)27-33(30,31)18-7-13(22)9-25-21(18)32-2/h4-5,7-9,11-12,27H,3,6,10H2,1-2H3,(H,24,29). The Bertz CT molecular complexity index is 1330. The number of pyridine rings is 1. The highest BCUT2D eigenvalue weighted by Gasteiger charge is 2.28. The van der Waals surface area contributed by atoms with Gasteiger partial charge in [-0.15, -0.1) is 0 Å². The maximum atomic E-state index is 14.7. The lowest BCUT2D eigenvalue weighted by Gasteiger charge is -2.25. The summed E-state index contributed by atoms with van der Waals surface area (Å²) in [7, 11) is -1.51. The number of nitrogens with one attached hydrogen (secondary N) is 2. The van der Waals surface area contributed by atoms with Crippen molar-refractivity contribution in [1.82, 2.24) is 19.9 Å². The van der Waals surface area contributed by atoms with E-state index < -0.39 is 26.6 Å². The maximum Gasteiger partial charge on any atom is 0.271 e. The lowest BCUT2D eigenvalue weighted by molar-refractivity contribution is 0.0957. The summed E-state index contributed by atoms with van der Waals surface area (Å²) in [5.74, 6) is -2.14. The average Bonchev–Trinajstić information content (AvgIpc) is 3.23. The van der Waals surface area contributed by atoms with Gasteiger partial charge in [-0.2, -0.15) is 0 Å². The van der Waals surface area contributed by atoms with Crippen molar-refractivity contribution >= 4 is 21.6 Å². The Morgan fingerprint density at radius 3 is 2.76 bits per heavy atom. The van der Waals surface area contributed by atoms with Gasteiger partial charge in [0, 0.05) is 31.3 Å². The molecule has 174 valence electrons. The van der Waals surface area contributed by atoms with E-state index in [-0.39, 0.29) is 23.4 Å². The minimum absolute atomic E-state index is 0.111. The van der Waals surface area contributed by atoms with Crippen molar-refractivity contribution in [2.75, 3.05) is 18.9 Å². The molecule has 1 aromatic carbocycles. The van der Waals surface area contributed by atoms with Gasteiger partial charge in [0.25, 0.3) is 15.9 Å². The number of rotatable bonds is 6. The molecular formula is C21H21F2N5O4S. The summed E-state index contributed by atoms with van der Waals surface area (Å²) in [4.78, 5) is 19.3. The van der Waals surface area contributed by atoms with Crippen molar-refractivity contribution in [3.63, 3.8) is 0 Å². The van der Waals surface area contributed by atoms with Gasteiger partial charge in [0.1, 0.15) is 17.3 Å². The Morgan fingerprint density at radius 1 is 1.24 bits per heavy atom. The van der Waals surface area contributed by atoms with E-state index in [4.69, 9.17) is 4.74 Å². The summed E-state index contributed by atoms with van der Waals surface area (Å²) in [6.07, 6.45) is 3.44. The average molecular weight is 477 g/mol. The van der Waals surface area contributed by atoms with E-state index in [0.29, 0.717) is 30.6 Å². The number of aromatic nitrogens is 3. The number of sulfonamides is 1. The van der Waals surface area contributed by atoms with Crippen LogP contribution in [0.25, 0.3) is 0 Å². The smallest absolute Gasteiger partial charge is 0.271 e. The molecule has 0 fully saturated rings. The number of hydrogen-bond donors (Lipinski definition) is 2. The molecule has 3 heterocycles. The Balaban J connectivity index is 1.61. The van der Waals surface area contributed by atoms with Crippen LogP contribution in [0.3, 0.4) is 0 Å². The monoisotopic (exact) mass is 477 g/mol. The van der Waals surface area contributed by atoms with E-state index in [0.717, 1.165) is 18.0 Å². The van der Waals surface area contributed by atoms with E-state index in [1.807, 2.05) is 0 Å². The molecule has 2 N–H and O–H groups in total. The highest BCUT2D eigenvalue weighted by atomic mass is 32.2. The van der Waals surface area contributed by atoms with Crippen molar-refractivity contribution in [1.29, 1.82) is 0 Å². The van der Waals surface area contributed by atoms with Crippen LogP contribution in [0.4, 0.5) is 14.5 Å². The zero-order valence-corrected chi connectivity index (χ0v) is 18.6. The number of amides is 1. The fourth-order valence-electron chi connectivity index (χ4n) is 3.91. The zero-order chi connectivity index (χ0) is 23.8. The molecule has 0 saturated heterocycles. The van der Waals surface area contributed by atoms with Gasteiger partial charge in [-0.25, -0.2) is 27.2 Å². The largest absolute Gasteiger partial charge is 0.480 e. The summed E-state index contributed by atoms with van der Waals surface area (Å²) >= 11 is 0. The molecule has 3 aromatic rings. The molecule has 0 spiro atoms. The number of hydrogen-bond acceptors (Lipinski definition) is 6. The Kier molecular flexibility index (Phi) is 6.02. The molecule has 1 amide bonds. The first-order chi connectivity index (χ1) is 15.7. The van der Waals surface area contributed by atoms with Gasteiger partial charge in [0.05, 0.1) is 25.3 Å². The molecule has 0 radical (unpaired) electrons. The number of ether oxygens (including phenoxy) is 1. The molecule has 1 atom stereocenters. The number of nitrogens with zero attached hydrogens (tertiary/aromatic N) is 3. The van der Waals surface area contributed by atoms with Crippen LogP contribution in [0.2, 0.25) is 0 Å². The fourth-order valence-corrected chi connectivity index (χ4v) is 5.09. The topological polar surface area (TPSA) is 115 Å². The van der Waals surface area contributed by atoms with Crippen molar-refractivity contribution < 1.29 is 26.7 Å². The number of imidazole rings is 1. The quantitative estimate of drug-likeness (QED) is 0.564. The molecule has 0 aliphatic carbocycles. The predicted molar refractivity (Wildman–Crippen MR) is 115 cm³/mol. The highest BCUT2D eigenvalue weighted by molar-refractivity contribution is 7.92. The zero-order valence-electron chi connectivity index (χ0n) is 17.8. The van der Waals surface area contributed by atoms with Crippen LogP contribution >= 0.6 is 0 Å². The van der Waals surface area contributed by atoms with Crippen LogP contribution in [0.1, 0.15) is 34.1 Å². The number of halogens is 2. The highest BCUT2D eigenvalue weighted by Crippen LogP contribution is 2.34. The number of benzene rings is 1. The third-order valence-corrected chi connectivity index (χ3v) is 6.87. The first-order valence-corrected chi connectivity index (χ1v) is 11.5. The van der Waals surface area contributed by atoms with E-state index in [9.17, 15) is 22.0 Å². The van der Waals surface area contributed by atoms with Gasteiger partial charge in [0.2, 0.25) is 5.88 Å². The van der Waals surface area contributed by atoms with Crippen molar-refractivity contribution in [3.05, 3.63) is 65.4 Å². The van der Waals surface area contributed by atoms with Crippen molar-refractivity contribution in [2.24, 2.45) is 0 Å². The molecule has 1 unspecified atom stereocenters. The van der Waals surface area contributed by atoms with Gasteiger partial charge in [-0.05, 0) is 36.6 Å². The second-order valence-corrected chi connectivity index (χ2v) is 9.16. The SMILES string of the molecule is CNC(=O)c1ncn2c1CCC(c1cc(NS(=O)(=O)c3cc(F)cnc3OC)ccc1F)C2. The first-order valence-electron chi connectivity index (χ1n) is 10.0. The molecule has 0 bridgehead atoms. The van der Waals surface area contributed by atoms with E-state index in [2.05, 4.69) is 20.0 Å². The molecule has 4 rings (SSSR count). The van der Waals surface area contributed by atoms with E-state index in [1.54, 1.807) is 10.9 Å². The van der Waals surface area contributed by atoms with Crippen LogP contribution in [0, 0.1) is 11.6 Å². The Morgan fingerprint density at radius 2 is 2.03 bits per heavy atom. The van der Waals surface area contributed by atoms with Crippen molar-refractivity contribution in [2.45, 2.75) is 30.2 Å². The van der Waals surface area contributed by atoms with Crippen molar-refractivity contribution in [3.8, 4) is 5.88 Å². The summed E-state index contributed by atoms with van der Waals surface area (Å²) in [5.41, 5.74) is 1.55. The molecule has 0 saturated carbocycles. The van der Waals surface area contributed by atoms with Crippen LogP contribution in [0.15, 0.2) is 41.7 Å². The molecule has 1 aliphatic heterocycles. The second kappa shape index (κ2) is 8.77. The minimum atomic E-state index is -4.26. The fraction of sp³-hybridized carbons (Fsp3) is 0.286. The van der Waals surface area contributed by atoms with Crippen LogP contribution in [-0.2, 0) is 23.0 Å². The normalized spacial score (nSPS) is 15.6. The molecular weight excluding hydrogens is 456 g/mol. The van der Waals surface area contributed by atoms with Crippen LogP contribution < -0.4 is 14.8 Å². The van der Waals surface area contributed by atoms with Gasteiger partial charge in [-0.1, -0.05) is 0 Å². The molecule has 1 aliphatic rings.